The minimum Gasteiger partial charge on any atom is -0.465 e. The van der Waals surface area contributed by atoms with Gasteiger partial charge in [-0.1, -0.05) is 0 Å². The summed E-state index contributed by atoms with van der Waals surface area (Å²) in [5.74, 6) is -0.612. The molecular weight excluding hydrogens is 188 g/mol. The number of esters is 1. The number of carbonyl (C=O) groups excluding carboxylic acids is 1. The molecule has 2 aromatic rings. The van der Waals surface area contributed by atoms with Crippen LogP contribution in [0.3, 0.4) is 0 Å². The SMILES string of the molecule is COC(=O)c1cnn2nc[nH]c(=O)c12. The number of rotatable bonds is 1. The van der Waals surface area contributed by atoms with Crippen LogP contribution in [0, 0.1) is 0 Å². The summed E-state index contributed by atoms with van der Waals surface area (Å²) in [6, 6.07) is 0. The molecule has 7 nitrogen and oxygen atoms in total. The normalized spacial score (nSPS) is 10.4. The van der Waals surface area contributed by atoms with Crippen LogP contribution in [0.4, 0.5) is 0 Å². The highest BCUT2D eigenvalue weighted by molar-refractivity contribution is 5.96. The van der Waals surface area contributed by atoms with Crippen LogP contribution < -0.4 is 5.56 Å². The maximum atomic E-state index is 11.3. The first-order valence-electron chi connectivity index (χ1n) is 3.74. The van der Waals surface area contributed by atoms with E-state index < -0.39 is 11.5 Å². The summed E-state index contributed by atoms with van der Waals surface area (Å²) in [6.45, 7) is 0. The molecule has 14 heavy (non-hydrogen) atoms. The number of hydrogen-bond donors (Lipinski definition) is 1. The molecule has 0 saturated heterocycles. The smallest absolute Gasteiger partial charge is 0.342 e. The van der Waals surface area contributed by atoms with Gasteiger partial charge in [0.15, 0.2) is 5.52 Å². The molecule has 0 aromatic carbocycles. The van der Waals surface area contributed by atoms with Gasteiger partial charge < -0.3 is 9.72 Å². The molecule has 0 bridgehead atoms. The van der Waals surface area contributed by atoms with Gasteiger partial charge in [0.1, 0.15) is 11.9 Å². The number of aromatic nitrogens is 4. The van der Waals surface area contributed by atoms with Crippen LogP contribution in [0.2, 0.25) is 0 Å². The Morgan fingerprint density at radius 2 is 2.36 bits per heavy atom. The lowest BCUT2D eigenvalue weighted by Crippen LogP contribution is -2.14. The molecule has 0 atom stereocenters. The Labute approximate surface area is 77.3 Å². The molecule has 7 heteroatoms. The first-order chi connectivity index (χ1) is 6.74. The maximum absolute atomic E-state index is 11.3. The van der Waals surface area contributed by atoms with Crippen molar-refractivity contribution >= 4 is 11.5 Å². The largest absolute Gasteiger partial charge is 0.465 e. The molecule has 0 spiro atoms. The molecule has 0 saturated carbocycles. The number of H-pyrrole nitrogens is 1. The maximum Gasteiger partial charge on any atom is 0.342 e. The van der Waals surface area contributed by atoms with Gasteiger partial charge in [-0.15, -0.1) is 9.73 Å². The van der Waals surface area contributed by atoms with Gasteiger partial charge in [0, 0.05) is 0 Å². The molecule has 0 amide bonds. The summed E-state index contributed by atoms with van der Waals surface area (Å²) < 4.78 is 5.56. The van der Waals surface area contributed by atoms with Gasteiger partial charge in [0.05, 0.1) is 13.3 Å². The number of methoxy groups -OCH3 is 1. The van der Waals surface area contributed by atoms with Crippen molar-refractivity contribution < 1.29 is 9.53 Å². The fourth-order valence-electron chi connectivity index (χ4n) is 1.11. The van der Waals surface area contributed by atoms with E-state index in [1.165, 1.54) is 19.6 Å². The fourth-order valence-corrected chi connectivity index (χ4v) is 1.11. The van der Waals surface area contributed by atoms with Gasteiger partial charge in [0.2, 0.25) is 0 Å². The zero-order chi connectivity index (χ0) is 10.1. The summed E-state index contributed by atoms with van der Waals surface area (Å²) in [4.78, 5) is 24.8. The molecule has 0 aliphatic carbocycles. The Morgan fingerprint density at radius 3 is 3.07 bits per heavy atom. The van der Waals surface area contributed by atoms with Crippen molar-refractivity contribution in [3.05, 3.63) is 28.4 Å². The monoisotopic (exact) mass is 194 g/mol. The molecule has 0 unspecified atom stereocenters. The Balaban J connectivity index is 2.80. The van der Waals surface area contributed by atoms with Crippen LogP contribution in [0.5, 0.6) is 0 Å². The first-order valence-corrected chi connectivity index (χ1v) is 3.74. The van der Waals surface area contributed by atoms with Crippen LogP contribution >= 0.6 is 0 Å². The van der Waals surface area contributed by atoms with Crippen molar-refractivity contribution in [3.63, 3.8) is 0 Å². The molecule has 2 rings (SSSR count). The molecule has 1 N–H and O–H groups in total. The van der Waals surface area contributed by atoms with Gasteiger partial charge in [-0.25, -0.2) is 4.79 Å². The lowest BCUT2D eigenvalue weighted by atomic mass is 10.3. The van der Waals surface area contributed by atoms with Crippen molar-refractivity contribution in [3.8, 4) is 0 Å². The molecular formula is C7H6N4O3. The summed E-state index contributed by atoms with van der Waals surface area (Å²) in [5.41, 5.74) is -0.251. The second kappa shape index (κ2) is 2.95. The Hall–Kier alpha value is -2.18. The predicted octanol–water partition coefficient (Wildman–Crippen LogP) is -0.796. The third-order valence-electron chi connectivity index (χ3n) is 1.73. The Kier molecular flexibility index (Phi) is 1.77. The van der Waals surface area contributed by atoms with Crippen LogP contribution in [0.25, 0.3) is 5.52 Å². The van der Waals surface area contributed by atoms with Crippen molar-refractivity contribution in [2.75, 3.05) is 7.11 Å². The Morgan fingerprint density at radius 1 is 1.57 bits per heavy atom. The highest BCUT2D eigenvalue weighted by Crippen LogP contribution is 2.04. The molecule has 72 valence electrons. The summed E-state index contributed by atoms with van der Waals surface area (Å²) in [5, 5.41) is 7.45. The summed E-state index contributed by atoms with van der Waals surface area (Å²) in [7, 11) is 1.23. The minimum atomic E-state index is -0.612. The minimum absolute atomic E-state index is 0.0827. The fraction of sp³-hybridized carbons (Fsp3) is 0.143. The molecule has 2 aromatic heterocycles. The molecule has 0 radical (unpaired) electrons. The molecule has 0 aliphatic rings. The van der Waals surface area contributed by atoms with E-state index in [1.807, 2.05) is 0 Å². The van der Waals surface area contributed by atoms with E-state index in [4.69, 9.17) is 0 Å². The van der Waals surface area contributed by atoms with E-state index in [2.05, 4.69) is 19.9 Å². The number of nitrogens with one attached hydrogen (secondary N) is 1. The van der Waals surface area contributed by atoms with Gasteiger partial charge >= 0.3 is 5.97 Å². The number of nitrogens with zero attached hydrogens (tertiary/aromatic N) is 3. The van der Waals surface area contributed by atoms with Gasteiger partial charge in [-0.2, -0.15) is 5.10 Å². The summed E-state index contributed by atoms with van der Waals surface area (Å²) in [6.07, 6.45) is 2.44. The van der Waals surface area contributed by atoms with E-state index in [-0.39, 0.29) is 11.1 Å². The third-order valence-corrected chi connectivity index (χ3v) is 1.73. The molecule has 0 aliphatic heterocycles. The predicted molar refractivity (Wildman–Crippen MR) is 44.9 cm³/mol. The van der Waals surface area contributed by atoms with E-state index in [9.17, 15) is 9.59 Å². The van der Waals surface area contributed by atoms with Crippen LogP contribution in [0.1, 0.15) is 10.4 Å². The van der Waals surface area contributed by atoms with Crippen molar-refractivity contribution in [1.29, 1.82) is 0 Å². The number of carbonyl (C=O) groups is 1. The van der Waals surface area contributed by atoms with E-state index in [0.29, 0.717) is 0 Å². The van der Waals surface area contributed by atoms with Gasteiger partial charge in [-0.05, 0) is 0 Å². The third kappa shape index (κ3) is 1.06. The van der Waals surface area contributed by atoms with Crippen LogP contribution in [-0.2, 0) is 4.74 Å². The van der Waals surface area contributed by atoms with Crippen LogP contribution in [-0.4, -0.2) is 32.9 Å². The van der Waals surface area contributed by atoms with Crippen molar-refractivity contribution in [2.45, 2.75) is 0 Å². The topological polar surface area (TPSA) is 89.3 Å². The average molecular weight is 194 g/mol. The summed E-state index contributed by atoms with van der Waals surface area (Å²) >= 11 is 0. The van der Waals surface area contributed by atoms with Gasteiger partial charge in [0.25, 0.3) is 5.56 Å². The van der Waals surface area contributed by atoms with E-state index in [1.54, 1.807) is 0 Å². The number of aromatic amines is 1. The van der Waals surface area contributed by atoms with Crippen molar-refractivity contribution in [1.82, 2.24) is 19.8 Å². The second-order valence-corrected chi connectivity index (χ2v) is 2.51. The zero-order valence-corrected chi connectivity index (χ0v) is 7.22. The second-order valence-electron chi connectivity index (χ2n) is 2.51. The van der Waals surface area contributed by atoms with Crippen molar-refractivity contribution in [2.24, 2.45) is 0 Å². The number of fused-ring (bicyclic) bond motifs is 1. The lowest BCUT2D eigenvalue weighted by Gasteiger charge is -1.94. The average Bonchev–Trinajstić information content (AvgIpc) is 2.62. The zero-order valence-electron chi connectivity index (χ0n) is 7.22. The van der Waals surface area contributed by atoms with Crippen LogP contribution in [0.15, 0.2) is 17.3 Å². The van der Waals surface area contributed by atoms with Gasteiger partial charge in [-0.3, -0.25) is 4.79 Å². The highest BCUT2D eigenvalue weighted by Gasteiger charge is 2.15. The standard InChI is InChI=1S/C7H6N4O3/c1-14-7(13)4-2-9-11-5(4)6(12)8-3-10-11/h2-3H,1H3,(H,8,10,12). The molecule has 0 fully saturated rings. The first kappa shape index (κ1) is 8.42. The van der Waals surface area contributed by atoms with E-state index in [0.717, 1.165) is 4.63 Å². The number of ether oxygens (including phenoxy) is 1. The number of hydrogen-bond acceptors (Lipinski definition) is 5. The lowest BCUT2D eigenvalue weighted by molar-refractivity contribution is 0.0603. The quantitative estimate of drug-likeness (QED) is 0.600. The Bertz CT molecular complexity index is 541. The highest BCUT2D eigenvalue weighted by atomic mass is 16.5. The van der Waals surface area contributed by atoms with E-state index >= 15 is 0 Å². The molecule has 2 heterocycles.